The molecule has 5 rings (SSSR count). The average molecular weight is 455 g/mol. The Kier molecular flexibility index (Phi) is 5.73. The lowest BCUT2D eigenvalue weighted by molar-refractivity contribution is -0.384. The highest BCUT2D eigenvalue weighted by Crippen LogP contribution is 2.25. The number of carbonyl (C=O) groups is 1. The SMILES string of the molecule is O=C(/C=C/c1ccc([N+](=O)[O-])cc1)N1CCN(c2nc(-c3ccc4ccccc4c3)no2)CC1. The van der Waals surface area contributed by atoms with E-state index in [2.05, 4.69) is 16.2 Å². The van der Waals surface area contributed by atoms with E-state index in [9.17, 15) is 14.9 Å². The van der Waals surface area contributed by atoms with Gasteiger partial charge in [-0.3, -0.25) is 14.9 Å². The van der Waals surface area contributed by atoms with Crippen molar-refractivity contribution in [3.8, 4) is 11.4 Å². The normalized spacial score (nSPS) is 14.1. The molecule has 9 nitrogen and oxygen atoms in total. The molecule has 4 aromatic rings. The summed E-state index contributed by atoms with van der Waals surface area (Å²) in [6.45, 7) is 2.21. The van der Waals surface area contributed by atoms with E-state index in [1.54, 1.807) is 23.1 Å². The summed E-state index contributed by atoms with van der Waals surface area (Å²) in [5.41, 5.74) is 1.63. The number of nitro groups is 1. The second-order valence-electron chi connectivity index (χ2n) is 7.96. The molecule has 1 amide bonds. The van der Waals surface area contributed by atoms with E-state index in [-0.39, 0.29) is 11.6 Å². The molecule has 34 heavy (non-hydrogen) atoms. The summed E-state index contributed by atoms with van der Waals surface area (Å²) in [6, 6.07) is 20.7. The highest BCUT2D eigenvalue weighted by molar-refractivity contribution is 5.92. The largest absolute Gasteiger partial charge is 0.336 e. The Bertz CT molecular complexity index is 1370. The van der Waals surface area contributed by atoms with Gasteiger partial charge in [0.25, 0.3) is 5.69 Å². The molecule has 0 N–H and O–H groups in total. The van der Waals surface area contributed by atoms with Crippen molar-refractivity contribution < 1.29 is 14.2 Å². The lowest BCUT2D eigenvalue weighted by Gasteiger charge is -2.32. The van der Waals surface area contributed by atoms with E-state index in [0.717, 1.165) is 21.9 Å². The molecule has 0 saturated carbocycles. The van der Waals surface area contributed by atoms with Crippen LogP contribution in [-0.2, 0) is 4.79 Å². The van der Waals surface area contributed by atoms with Gasteiger partial charge in [0, 0.05) is 50.0 Å². The molecule has 2 heterocycles. The summed E-state index contributed by atoms with van der Waals surface area (Å²) in [5.74, 6) is 0.422. The van der Waals surface area contributed by atoms with E-state index >= 15 is 0 Å². The quantitative estimate of drug-likeness (QED) is 0.253. The van der Waals surface area contributed by atoms with E-state index in [1.165, 1.54) is 18.2 Å². The van der Waals surface area contributed by atoms with Crippen LogP contribution in [0.2, 0.25) is 0 Å². The molecule has 0 spiro atoms. The molecular formula is C25H21N5O4. The van der Waals surface area contributed by atoms with E-state index in [0.29, 0.717) is 38.0 Å². The van der Waals surface area contributed by atoms with Crippen molar-refractivity contribution in [1.29, 1.82) is 0 Å². The Morgan fingerprint density at radius 2 is 1.71 bits per heavy atom. The molecule has 1 saturated heterocycles. The van der Waals surface area contributed by atoms with Crippen molar-refractivity contribution >= 4 is 34.5 Å². The summed E-state index contributed by atoms with van der Waals surface area (Å²) < 4.78 is 5.50. The summed E-state index contributed by atoms with van der Waals surface area (Å²) in [7, 11) is 0. The zero-order valence-electron chi connectivity index (χ0n) is 18.2. The summed E-state index contributed by atoms with van der Waals surface area (Å²) >= 11 is 0. The molecule has 0 aliphatic carbocycles. The number of aromatic nitrogens is 2. The third kappa shape index (κ3) is 4.49. The number of amides is 1. The van der Waals surface area contributed by atoms with Gasteiger partial charge in [0.15, 0.2) is 0 Å². The van der Waals surface area contributed by atoms with Gasteiger partial charge < -0.3 is 14.3 Å². The van der Waals surface area contributed by atoms with Gasteiger partial charge in [0.05, 0.1) is 4.92 Å². The van der Waals surface area contributed by atoms with E-state index < -0.39 is 4.92 Å². The fourth-order valence-corrected chi connectivity index (χ4v) is 3.89. The van der Waals surface area contributed by atoms with Gasteiger partial charge in [-0.25, -0.2) is 0 Å². The average Bonchev–Trinajstić information content (AvgIpc) is 3.38. The van der Waals surface area contributed by atoms with E-state index in [1.807, 2.05) is 41.3 Å². The van der Waals surface area contributed by atoms with Crippen LogP contribution in [0.5, 0.6) is 0 Å². The molecular weight excluding hydrogens is 434 g/mol. The maximum atomic E-state index is 12.5. The number of benzene rings is 3. The molecule has 0 unspecified atom stereocenters. The fourth-order valence-electron chi connectivity index (χ4n) is 3.89. The topological polar surface area (TPSA) is 106 Å². The number of fused-ring (bicyclic) bond motifs is 1. The predicted octanol–water partition coefficient (Wildman–Crippen LogP) is 4.16. The first kappa shape index (κ1) is 21.3. The Hall–Kier alpha value is -4.53. The first-order chi connectivity index (χ1) is 16.6. The monoisotopic (exact) mass is 455 g/mol. The summed E-state index contributed by atoms with van der Waals surface area (Å²) in [5, 5.41) is 17.1. The van der Waals surface area contributed by atoms with Crippen molar-refractivity contribution in [1.82, 2.24) is 15.0 Å². The third-order valence-electron chi connectivity index (χ3n) is 5.81. The van der Waals surface area contributed by atoms with Crippen LogP contribution in [0.1, 0.15) is 5.56 Å². The molecule has 1 aliphatic rings. The fraction of sp³-hybridized carbons (Fsp3) is 0.160. The lowest BCUT2D eigenvalue weighted by atomic mass is 10.1. The van der Waals surface area contributed by atoms with Crippen LogP contribution < -0.4 is 4.90 Å². The molecule has 0 atom stereocenters. The van der Waals surface area contributed by atoms with Crippen LogP contribution in [0, 0.1) is 10.1 Å². The summed E-state index contributed by atoms with van der Waals surface area (Å²) in [4.78, 5) is 31.1. The first-order valence-corrected chi connectivity index (χ1v) is 10.9. The summed E-state index contributed by atoms with van der Waals surface area (Å²) in [6.07, 6.45) is 3.15. The highest BCUT2D eigenvalue weighted by Gasteiger charge is 2.23. The lowest BCUT2D eigenvalue weighted by Crippen LogP contribution is -2.48. The molecule has 170 valence electrons. The van der Waals surface area contributed by atoms with Gasteiger partial charge in [0.2, 0.25) is 11.7 Å². The van der Waals surface area contributed by atoms with Gasteiger partial charge in [0.1, 0.15) is 0 Å². The first-order valence-electron chi connectivity index (χ1n) is 10.9. The van der Waals surface area contributed by atoms with Gasteiger partial charge in [-0.1, -0.05) is 41.6 Å². The molecule has 3 aromatic carbocycles. The van der Waals surface area contributed by atoms with Crippen molar-refractivity contribution in [3.05, 3.63) is 88.5 Å². The number of carbonyl (C=O) groups excluding carboxylic acids is 1. The maximum absolute atomic E-state index is 12.5. The standard InChI is InChI=1S/C25H21N5O4/c31-23(12-7-18-5-10-22(11-6-18)30(32)33)28-13-15-29(16-14-28)25-26-24(27-34-25)21-9-8-19-3-1-2-4-20(19)17-21/h1-12,17H,13-16H2/b12-7+. The molecule has 9 heteroatoms. The highest BCUT2D eigenvalue weighted by atomic mass is 16.6. The second-order valence-corrected chi connectivity index (χ2v) is 7.96. The minimum atomic E-state index is -0.452. The second kappa shape index (κ2) is 9.14. The van der Waals surface area contributed by atoms with E-state index in [4.69, 9.17) is 4.52 Å². The molecule has 1 aliphatic heterocycles. The van der Waals surface area contributed by atoms with Gasteiger partial charge in [-0.2, -0.15) is 4.98 Å². The van der Waals surface area contributed by atoms with Crippen LogP contribution in [0.3, 0.4) is 0 Å². The molecule has 1 fully saturated rings. The van der Waals surface area contributed by atoms with Crippen LogP contribution in [0.15, 0.2) is 77.3 Å². The number of nitro benzene ring substituents is 1. The molecule has 1 aromatic heterocycles. The van der Waals surface area contributed by atoms with Gasteiger partial charge in [-0.05, 0) is 40.6 Å². The smallest absolute Gasteiger partial charge is 0.324 e. The number of non-ortho nitro benzene ring substituents is 1. The zero-order chi connectivity index (χ0) is 23.5. The molecule has 0 bridgehead atoms. The van der Waals surface area contributed by atoms with Crippen molar-refractivity contribution in [2.24, 2.45) is 0 Å². The van der Waals surface area contributed by atoms with Gasteiger partial charge >= 0.3 is 6.01 Å². The minimum Gasteiger partial charge on any atom is -0.336 e. The number of anilines is 1. The van der Waals surface area contributed by atoms with Crippen molar-refractivity contribution in [2.75, 3.05) is 31.1 Å². The number of nitrogens with zero attached hydrogens (tertiary/aromatic N) is 5. The van der Waals surface area contributed by atoms with Crippen molar-refractivity contribution in [2.45, 2.75) is 0 Å². The molecule has 0 radical (unpaired) electrons. The number of hydrogen-bond donors (Lipinski definition) is 0. The Morgan fingerprint density at radius 3 is 2.44 bits per heavy atom. The predicted molar refractivity (Wildman–Crippen MR) is 128 cm³/mol. The van der Waals surface area contributed by atoms with Crippen LogP contribution >= 0.6 is 0 Å². The van der Waals surface area contributed by atoms with Crippen LogP contribution in [0.4, 0.5) is 11.7 Å². The number of hydrogen-bond acceptors (Lipinski definition) is 7. The minimum absolute atomic E-state index is 0.0180. The maximum Gasteiger partial charge on any atom is 0.324 e. The van der Waals surface area contributed by atoms with Crippen LogP contribution in [0.25, 0.3) is 28.2 Å². The van der Waals surface area contributed by atoms with Crippen LogP contribution in [-0.4, -0.2) is 52.1 Å². The third-order valence-corrected chi connectivity index (χ3v) is 5.81. The Labute approximate surface area is 195 Å². The Balaban J connectivity index is 1.19. The number of rotatable bonds is 5. The van der Waals surface area contributed by atoms with Crippen molar-refractivity contribution in [3.63, 3.8) is 0 Å². The zero-order valence-corrected chi connectivity index (χ0v) is 18.2. The number of piperazine rings is 1. The Morgan fingerprint density at radius 1 is 0.971 bits per heavy atom. The van der Waals surface area contributed by atoms with Gasteiger partial charge in [-0.15, -0.1) is 0 Å².